The van der Waals surface area contributed by atoms with Gasteiger partial charge in [0, 0.05) is 0 Å². The van der Waals surface area contributed by atoms with Crippen LogP contribution in [0.25, 0.3) is 33.0 Å². The molecule has 32 heavy (non-hydrogen) atoms. The smallest absolute Gasteiger partial charge is 0.310 e. The topological polar surface area (TPSA) is 44.8 Å². The zero-order valence-corrected chi connectivity index (χ0v) is 18.6. The lowest BCUT2D eigenvalue weighted by Gasteiger charge is -2.19. The van der Waals surface area contributed by atoms with E-state index in [1.807, 2.05) is 55.5 Å². The van der Waals surface area contributed by atoms with E-state index < -0.39 is 0 Å². The number of esters is 1. The number of ether oxygens (including phenoxy) is 3. The lowest BCUT2D eigenvalue weighted by molar-refractivity contribution is -0.142. The van der Waals surface area contributed by atoms with Gasteiger partial charge in [-0.1, -0.05) is 48.5 Å². The maximum absolute atomic E-state index is 12.5. The Morgan fingerprint density at radius 1 is 0.750 bits per heavy atom. The zero-order valence-electron chi connectivity index (χ0n) is 18.6. The third kappa shape index (κ3) is 4.30. The Labute approximate surface area is 188 Å². The molecule has 0 aliphatic heterocycles. The van der Waals surface area contributed by atoms with Gasteiger partial charge >= 0.3 is 5.97 Å². The highest BCUT2D eigenvalue weighted by Crippen LogP contribution is 2.42. The van der Waals surface area contributed by atoms with Crippen molar-refractivity contribution in [2.45, 2.75) is 13.3 Å². The first-order chi connectivity index (χ1) is 15.6. The van der Waals surface area contributed by atoms with Gasteiger partial charge in [0.1, 0.15) is 11.5 Å². The molecule has 4 heteroatoms. The van der Waals surface area contributed by atoms with Crippen LogP contribution in [-0.4, -0.2) is 26.8 Å². The van der Waals surface area contributed by atoms with Crippen LogP contribution in [0.4, 0.5) is 0 Å². The first kappa shape index (κ1) is 21.4. The Hall–Kier alpha value is -3.79. The van der Waals surface area contributed by atoms with Crippen LogP contribution in [0.15, 0.2) is 78.9 Å². The fourth-order valence-electron chi connectivity index (χ4n) is 4.06. The highest BCUT2D eigenvalue weighted by molar-refractivity contribution is 6.06. The van der Waals surface area contributed by atoms with Crippen LogP contribution in [0, 0.1) is 0 Å². The van der Waals surface area contributed by atoms with Crippen molar-refractivity contribution in [3.05, 3.63) is 84.4 Å². The molecule has 0 radical (unpaired) electrons. The molecule has 4 aromatic rings. The van der Waals surface area contributed by atoms with Crippen LogP contribution in [0.2, 0.25) is 0 Å². The van der Waals surface area contributed by atoms with Crippen molar-refractivity contribution in [1.29, 1.82) is 0 Å². The minimum atomic E-state index is -0.238. The second-order valence-corrected chi connectivity index (χ2v) is 7.45. The lowest BCUT2D eigenvalue weighted by Crippen LogP contribution is -2.09. The largest absolute Gasteiger partial charge is 0.497 e. The fourth-order valence-corrected chi connectivity index (χ4v) is 4.06. The fraction of sp³-hybridized carbons (Fsp3) is 0.179. The molecule has 0 fully saturated rings. The van der Waals surface area contributed by atoms with E-state index in [0.29, 0.717) is 6.61 Å². The van der Waals surface area contributed by atoms with Crippen LogP contribution in [0.3, 0.4) is 0 Å². The van der Waals surface area contributed by atoms with Gasteiger partial charge < -0.3 is 14.2 Å². The average Bonchev–Trinajstić information content (AvgIpc) is 2.83. The number of benzene rings is 4. The molecule has 0 saturated heterocycles. The number of hydrogen-bond donors (Lipinski definition) is 0. The molecule has 0 amide bonds. The summed E-state index contributed by atoms with van der Waals surface area (Å²) in [5, 5.41) is 2.20. The van der Waals surface area contributed by atoms with Crippen LogP contribution in [-0.2, 0) is 16.0 Å². The van der Waals surface area contributed by atoms with E-state index in [1.165, 1.54) is 0 Å². The van der Waals surface area contributed by atoms with Crippen molar-refractivity contribution in [3.8, 4) is 33.8 Å². The summed E-state index contributed by atoms with van der Waals surface area (Å²) in [7, 11) is 3.31. The Kier molecular flexibility index (Phi) is 6.41. The maximum atomic E-state index is 12.5. The van der Waals surface area contributed by atoms with Crippen molar-refractivity contribution < 1.29 is 19.0 Å². The quantitative estimate of drug-likeness (QED) is 0.326. The van der Waals surface area contributed by atoms with Gasteiger partial charge in [-0.3, -0.25) is 4.79 Å². The first-order valence-corrected chi connectivity index (χ1v) is 10.6. The molecular formula is C28H26O4. The van der Waals surface area contributed by atoms with Crippen LogP contribution >= 0.6 is 0 Å². The maximum Gasteiger partial charge on any atom is 0.310 e. The summed E-state index contributed by atoms with van der Waals surface area (Å²) in [6.45, 7) is 2.18. The average molecular weight is 427 g/mol. The monoisotopic (exact) mass is 426 g/mol. The van der Waals surface area contributed by atoms with Gasteiger partial charge in [-0.05, 0) is 75.8 Å². The number of rotatable bonds is 7. The molecule has 4 nitrogen and oxygen atoms in total. The molecule has 0 aliphatic rings. The van der Waals surface area contributed by atoms with E-state index in [9.17, 15) is 4.79 Å². The highest BCUT2D eigenvalue weighted by Gasteiger charge is 2.19. The first-order valence-electron chi connectivity index (χ1n) is 10.6. The SMILES string of the molecule is CCOC(=O)Cc1cc2ccccc2c(-c2ccc(OC)cc2)c1-c1ccc(OC)cc1. The van der Waals surface area contributed by atoms with Crippen molar-refractivity contribution in [2.24, 2.45) is 0 Å². The minimum Gasteiger partial charge on any atom is -0.497 e. The molecule has 0 unspecified atom stereocenters. The molecule has 0 saturated carbocycles. The molecule has 4 rings (SSSR count). The second-order valence-electron chi connectivity index (χ2n) is 7.45. The minimum absolute atomic E-state index is 0.198. The van der Waals surface area contributed by atoms with Crippen LogP contribution in [0.1, 0.15) is 12.5 Å². The Morgan fingerprint density at radius 3 is 1.88 bits per heavy atom. The second kappa shape index (κ2) is 9.56. The Balaban J connectivity index is 2.02. The van der Waals surface area contributed by atoms with E-state index in [2.05, 4.69) is 30.3 Å². The summed E-state index contributed by atoms with van der Waals surface area (Å²) < 4.78 is 16.0. The van der Waals surface area contributed by atoms with Crippen molar-refractivity contribution in [2.75, 3.05) is 20.8 Å². The summed E-state index contributed by atoms with van der Waals surface area (Å²) in [4.78, 5) is 12.5. The number of carbonyl (C=O) groups excluding carboxylic acids is 1. The third-order valence-corrected chi connectivity index (χ3v) is 5.53. The van der Waals surface area contributed by atoms with E-state index in [4.69, 9.17) is 14.2 Å². The lowest BCUT2D eigenvalue weighted by atomic mass is 9.85. The predicted octanol–water partition coefficient (Wildman–Crippen LogP) is 6.30. The molecule has 0 heterocycles. The summed E-state index contributed by atoms with van der Waals surface area (Å²) in [5.41, 5.74) is 5.10. The number of hydrogen-bond acceptors (Lipinski definition) is 4. The van der Waals surface area contributed by atoms with Crippen LogP contribution < -0.4 is 9.47 Å². The molecule has 0 bridgehead atoms. The van der Waals surface area contributed by atoms with E-state index in [-0.39, 0.29) is 12.4 Å². The molecule has 0 spiro atoms. The molecule has 4 aromatic carbocycles. The van der Waals surface area contributed by atoms with Gasteiger partial charge in [0.2, 0.25) is 0 Å². The number of carbonyl (C=O) groups is 1. The Bertz CT molecular complexity index is 1230. The molecule has 0 N–H and O–H groups in total. The standard InChI is InChI=1S/C28H26O4/c1-4-32-26(29)18-22-17-21-7-5-6-8-25(21)28(20-11-15-24(31-3)16-12-20)27(22)19-9-13-23(30-2)14-10-19/h5-17H,4,18H2,1-3H3. The highest BCUT2D eigenvalue weighted by atomic mass is 16.5. The molecule has 0 atom stereocenters. The van der Waals surface area contributed by atoms with Gasteiger partial charge in [0.25, 0.3) is 0 Å². The molecular weight excluding hydrogens is 400 g/mol. The van der Waals surface area contributed by atoms with Crippen LogP contribution in [0.5, 0.6) is 11.5 Å². The number of fused-ring (bicyclic) bond motifs is 1. The predicted molar refractivity (Wildman–Crippen MR) is 128 cm³/mol. The van der Waals surface area contributed by atoms with Crippen molar-refractivity contribution >= 4 is 16.7 Å². The summed E-state index contributed by atoms with van der Waals surface area (Å²) >= 11 is 0. The van der Waals surface area contributed by atoms with Crippen molar-refractivity contribution in [3.63, 3.8) is 0 Å². The van der Waals surface area contributed by atoms with E-state index in [0.717, 1.165) is 50.1 Å². The van der Waals surface area contributed by atoms with Crippen molar-refractivity contribution in [1.82, 2.24) is 0 Å². The van der Waals surface area contributed by atoms with E-state index in [1.54, 1.807) is 14.2 Å². The molecule has 0 aliphatic carbocycles. The van der Waals surface area contributed by atoms with E-state index >= 15 is 0 Å². The van der Waals surface area contributed by atoms with Gasteiger partial charge in [0.15, 0.2) is 0 Å². The summed E-state index contributed by atoms with van der Waals surface area (Å²) in [5.74, 6) is 1.34. The third-order valence-electron chi connectivity index (χ3n) is 5.53. The van der Waals surface area contributed by atoms with Gasteiger partial charge in [-0.25, -0.2) is 0 Å². The Morgan fingerprint density at radius 2 is 1.31 bits per heavy atom. The van der Waals surface area contributed by atoms with Gasteiger partial charge in [-0.15, -0.1) is 0 Å². The summed E-state index contributed by atoms with van der Waals surface area (Å²) in [6.07, 6.45) is 0.198. The van der Waals surface area contributed by atoms with Gasteiger partial charge in [0.05, 0.1) is 27.2 Å². The molecule has 0 aromatic heterocycles. The number of methoxy groups -OCH3 is 2. The molecule has 162 valence electrons. The van der Waals surface area contributed by atoms with Gasteiger partial charge in [-0.2, -0.15) is 0 Å². The zero-order chi connectivity index (χ0) is 22.5. The summed E-state index contributed by atoms with van der Waals surface area (Å²) in [6, 6.07) is 26.3. The normalized spacial score (nSPS) is 10.7.